The van der Waals surface area contributed by atoms with Crippen LogP contribution in [0.2, 0.25) is 0 Å². The Morgan fingerprint density at radius 3 is 3.07 bits per heavy atom. The van der Waals surface area contributed by atoms with Gasteiger partial charge in [0.05, 0.1) is 0 Å². The van der Waals surface area contributed by atoms with Crippen molar-refractivity contribution < 1.29 is 4.79 Å². The fraction of sp³-hybridized carbons (Fsp3) is 0.400. The summed E-state index contributed by atoms with van der Waals surface area (Å²) in [5, 5.41) is 6.83. The second kappa shape index (κ2) is 3.18. The van der Waals surface area contributed by atoms with Gasteiger partial charge < -0.3 is 0 Å². The van der Waals surface area contributed by atoms with Gasteiger partial charge in [0.25, 0.3) is 0 Å². The van der Waals surface area contributed by atoms with Crippen LogP contribution in [0.1, 0.15) is 12.1 Å². The zero-order valence-electron chi connectivity index (χ0n) is 7.95. The number of carbonyl (C=O) groups is 1. The highest BCUT2D eigenvalue weighted by Crippen LogP contribution is 2.22. The Labute approximate surface area is 82.3 Å². The van der Waals surface area contributed by atoms with Crippen molar-refractivity contribution in [2.24, 2.45) is 5.92 Å². The van der Waals surface area contributed by atoms with Crippen molar-refractivity contribution in [2.45, 2.75) is 13.3 Å². The minimum absolute atomic E-state index is 0.0273. The molecular formula is C10H11N3O. The van der Waals surface area contributed by atoms with Gasteiger partial charge in [0.2, 0.25) is 5.91 Å². The van der Waals surface area contributed by atoms with Crippen LogP contribution in [-0.2, 0) is 4.79 Å². The second-order valence-electron chi connectivity index (χ2n) is 3.48. The van der Waals surface area contributed by atoms with E-state index in [-0.39, 0.29) is 11.8 Å². The largest absolute Gasteiger partial charge is 0.294 e. The van der Waals surface area contributed by atoms with Crippen molar-refractivity contribution in [1.29, 1.82) is 0 Å². The summed E-state index contributed by atoms with van der Waals surface area (Å²) in [6.07, 6.45) is 5.72. The van der Waals surface area contributed by atoms with E-state index in [2.05, 4.69) is 16.1 Å². The molecule has 4 heteroatoms. The Balaban J connectivity index is 2.21. The van der Waals surface area contributed by atoms with E-state index >= 15 is 0 Å². The molecule has 2 rings (SSSR count). The number of aromatic amines is 1. The quantitative estimate of drug-likeness (QED) is 0.661. The molecule has 4 nitrogen and oxygen atoms in total. The molecular weight excluding hydrogens is 178 g/mol. The molecule has 0 aliphatic carbocycles. The highest BCUT2D eigenvalue weighted by molar-refractivity contribution is 5.95. The van der Waals surface area contributed by atoms with E-state index in [4.69, 9.17) is 6.42 Å². The highest BCUT2D eigenvalue weighted by Gasteiger charge is 2.30. The van der Waals surface area contributed by atoms with Crippen LogP contribution in [0.15, 0.2) is 6.07 Å². The number of amides is 1. The first-order valence-corrected chi connectivity index (χ1v) is 4.49. The minimum Gasteiger partial charge on any atom is -0.294 e. The number of nitrogens with zero attached hydrogens (tertiary/aromatic N) is 2. The third kappa shape index (κ3) is 1.37. The number of hydrogen-bond acceptors (Lipinski definition) is 2. The standard InChI is InChI=1S/C10H11N3O/c1-3-8-5-10(14)13(6-8)9-4-7(2)11-12-9/h1,4,8H,5-6H2,2H3,(H,11,12). The maximum absolute atomic E-state index is 11.5. The number of hydrogen-bond donors (Lipinski definition) is 1. The van der Waals surface area contributed by atoms with Crippen LogP contribution in [0.4, 0.5) is 5.82 Å². The lowest BCUT2D eigenvalue weighted by atomic mass is 10.1. The van der Waals surface area contributed by atoms with Gasteiger partial charge in [-0.05, 0) is 6.92 Å². The maximum Gasteiger partial charge on any atom is 0.229 e. The van der Waals surface area contributed by atoms with Crippen LogP contribution in [-0.4, -0.2) is 22.6 Å². The third-order valence-corrected chi connectivity index (χ3v) is 2.33. The zero-order valence-corrected chi connectivity index (χ0v) is 7.95. The van der Waals surface area contributed by atoms with E-state index in [0.29, 0.717) is 18.8 Å². The van der Waals surface area contributed by atoms with Crippen LogP contribution in [0.5, 0.6) is 0 Å². The van der Waals surface area contributed by atoms with Gasteiger partial charge in [-0.25, -0.2) is 0 Å². The van der Waals surface area contributed by atoms with E-state index in [1.807, 2.05) is 13.0 Å². The average molecular weight is 189 g/mol. The number of carbonyl (C=O) groups excluding carboxylic acids is 1. The molecule has 0 saturated carbocycles. The molecule has 1 saturated heterocycles. The zero-order chi connectivity index (χ0) is 10.1. The molecule has 72 valence electrons. The fourth-order valence-electron chi connectivity index (χ4n) is 1.58. The lowest BCUT2D eigenvalue weighted by Crippen LogP contribution is -2.24. The van der Waals surface area contributed by atoms with Crippen LogP contribution in [0.3, 0.4) is 0 Å². The van der Waals surface area contributed by atoms with Crippen molar-refractivity contribution in [2.75, 3.05) is 11.4 Å². The smallest absolute Gasteiger partial charge is 0.229 e. The van der Waals surface area contributed by atoms with E-state index in [1.165, 1.54) is 0 Å². The van der Waals surface area contributed by atoms with Gasteiger partial charge in [0.1, 0.15) is 0 Å². The Kier molecular flexibility index (Phi) is 2.01. The molecule has 0 radical (unpaired) electrons. The number of aryl methyl sites for hydroxylation is 1. The van der Waals surface area contributed by atoms with Gasteiger partial charge in [-0.15, -0.1) is 12.3 Å². The summed E-state index contributed by atoms with van der Waals surface area (Å²) in [7, 11) is 0. The topological polar surface area (TPSA) is 49.0 Å². The summed E-state index contributed by atoms with van der Waals surface area (Å²) in [6, 6.07) is 1.84. The molecule has 1 aliphatic rings. The Morgan fingerprint density at radius 1 is 1.79 bits per heavy atom. The lowest BCUT2D eigenvalue weighted by molar-refractivity contribution is -0.117. The number of anilines is 1. The summed E-state index contributed by atoms with van der Waals surface area (Å²) >= 11 is 0. The van der Waals surface area contributed by atoms with Gasteiger partial charge in [-0.3, -0.25) is 14.8 Å². The summed E-state index contributed by atoms with van der Waals surface area (Å²) in [5.41, 5.74) is 0.942. The molecule has 1 N–H and O–H groups in total. The maximum atomic E-state index is 11.5. The van der Waals surface area contributed by atoms with Gasteiger partial charge in [-0.1, -0.05) is 0 Å². The molecule has 14 heavy (non-hydrogen) atoms. The number of rotatable bonds is 1. The minimum atomic E-state index is 0.0273. The van der Waals surface area contributed by atoms with Crippen LogP contribution in [0.25, 0.3) is 0 Å². The molecule has 0 bridgehead atoms. The Bertz CT molecular complexity index is 402. The van der Waals surface area contributed by atoms with Crippen LogP contribution >= 0.6 is 0 Å². The Hall–Kier alpha value is -1.76. The first-order valence-electron chi connectivity index (χ1n) is 4.49. The number of aromatic nitrogens is 2. The summed E-state index contributed by atoms with van der Waals surface area (Å²) in [6.45, 7) is 2.48. The van der Waals surface area contributed by atoms with Crippen molar-refractivity contribution in [3.05, 3.63) is 11.8 Å². The lowest BCUT2D eigenvalue weighted by Gasteiger charge is -2.10. The molecule has 2 heterocycles. The Morgan fingerprint density at radius 2 is 2.57 bits per heavy atom. The summed E-state index contributed by atoms with van der Waals surface area (Å²) in [4.78, 5) is 13.2. The number of nitrogens with one attached hydrogen (secondary N) is 1. The third-order valence-electron chi connectivity index (χ3n) is 2.33. The predicted octanol–water partition coefficient (Wildman–Crippen LogP) is 0.704. The van der Waals surface area contributed by atoms with Crippen LogP contribution < -0.4 is 4.90 Å². The molecule has 0 spiro atoms. The van der Waals surface area contributed by atoms with E-state index in [0.717, 1.165) is 5.69 Å². The van der Waals surface area contributed by atoms with Crippen molar-refractivity contribution in [1.82, 2.24) is 10.2 Å². The summed E-state index contributed by atoms with van der Waals surface area (Å²) in [5.74, 6) is 3.35. The second-order valence-corrected chi connectivity index (χ2v) is 3.48. The highest BCUT2D eigenvalue weighted by atomic mass is 16.2. The number of H-pyrrole nitrogens is 1. The number of terminal acetylenes is 1. The van der Waals surface area contributed by atoms with E-state index < -0.39 is 0 Å². The van der Waals surface area contributed by atoms with Crippen molar-refractivity contribution in [3.63, 3.8) is 0 Å². The molecule has 1 aromatic rings. The van der Waals surface area contributed by atoms with Gasteiger partial charge in [0.15, 0.2) is 5.82 Å². The molecule has 1 aliphatic heterocycles. The SMILES string of the molecule is C#CC1CC(=O)N(c2cc(C)[nH]n2)C1. The first-order chi connectivity index (χ1) is 6.70. The van der Waals surface area contributed by atoms with E-state index in [1.54, 1.807) is 4.90 Å². The van der Waals surface area contributed by atoms with Gasteiger partial charge >= 0.3 is 0 Å². The summed E-state index contributed by atoms with van der Waals surface area (Å²) < 4.78 is 0. The molecule has 1 unspecified atom stereocenters. The fourth-order valence-corrected chi connectivity index (χ4v) is 1.58. The molecule has 1 atom stereocenters. The van der Waals surface area contributed by atoms with Crippen molar-refractivity contribution in [3.8, 4) is 12.3 Å². The molecule has 1 amide bonds. The van der Waals surface area contributed by atoms with Gasteiger partial charge in [-0.2, -0.15) is 5.10 Å². The monoisotopic (exact) mass is 189 g/mol. The predicted molar refractivity (Wildman–Crippen MR) is 52.6 cm³/mol. The van der Waals surface area contributed by atoms with Crippen LogP contribution in [0, 0.1) is 25.2 Å². The van der Waals surface area contributed by atoms with E-state index in [9.17, 15) is 4.79 Å². The molecule has 1 fully saturated rings. The van der Waals surface area contributed by atoms with Gasteiger partial charge in [0, 0.05) is 30.6 Å². The normalized spacial score (nSPS) is 21.3. The first kappa shape index (κ1) is 8.82. The average Bonchev–Trinajstić information content (AvgIpc) is 2.71. The van der Waals surface area contributed by atoms with Crippen molar-refractivity contribution >= 4 is 11.7 Å². The molecule has 1 aromatic heterocycles. The molecule has 0 aromatic carbocycles.